The number of hydrogen-bond donors (Lipinski definition) is 2. The van der Waals surface area contributed by atoms with Crippen molar-refractivity contribution in [3.63, 3.8) is 0 Å². The molecule has 0 spiro atoms. The van der Waals surface area contributed by atoms with E-state index >= 15 is 0 Å². The summed E-state index contributed by atoms with van der Waals surface area (Å²) in [4.78, 5) is 13.7. The van der Waals surface area contributed by atoms with Gasteiger partial charge >= 0.3 is 0 Å². The molecule has 1 fully saturated rings. The van der Waals surface area contributed by atoms with E-state index < -0.39 is 0 Å². The van der Waals surface area contributed by atoms with E-state index in [1.54, 1.807) is 7.05 Å². The fourth-order valence-electron chi connectivity index (χ4n) is 2.14. The maximum absolute atomic E-state index is 11.3. The van der Waals surface area contributed by atoms with Gasteiger partial charge in [-0.25, -0.2) is 5.43 Å². The first-order valence-electron chi connectivity index (χ1n) is 6.61. The van der Waals surface area contributed by atoms with Crippen LogP contribution in [0.2, 0.25) is 0 Å². The summed E-state index contributed by atoms with van der Waals surface area (Å²) in [5, 5.41) is 1.26. The van der Waals surface area contributed by atoms with Crippen molar-refractivity contribution in [2.45, 2.75) is 36.7 Å². The number of rotatable bonds is 8. The highest BCUT2D eigenvalue weighted by Gasteiger charge is 2.23. The highest BCUT2D eigenvalue weighted by atomic mass is 32.2. The molecule has 0 aromatic heterocycles. The van der Waals surface area contributed by atoms with E-state index in [1.165, 1.54) is 6.42 Å². The summed E-state index contributed by atoms with van der Waals surface area (Å²) in [6.45, 7) is 9.36. The lowest BCUT2D eigenvalue weighted by Gasteiger charge is -2.16. The maximum Gasteiger partial charge on any atom is 0.234 e. The first-order valence-corrected chi connectivity index (χ1v) is 7.56. The molecule has 5 heteroatoms. The van der Waals surface area contributed by atoms with E-state index in [2.05, 4.69) is 29.3 Å². The third kappa shape index (κ3) is 5.89. The fourth-order valence-corrected chi connectivity index (χ4v) is 3.39. The number of amides is 1. The third-order valence-corrected chi connectivity index (χ3v) is 4.50. The molecule has 2 unspecified atom stereocenters. The van der Waals surface area contributed by atoms with Crippen molar-refractivity contribution in [2.75, 3.05) is 26.7 Å². The largest absolute Gasteiger partial charge is 0.302 e. The molecular formula is C13H25N3OS. The summed E-state index contributed by atoms with van der Waals surface area (Å²) in [6, 6.07) is 0. The zero-order valence-corrected chi connectivity index (χ0v) is 12.3. The van der Waals surface area contributed by atoms with Gasteiger partial charge in [0.2, 0.25) is 5.91 Å². The average molecular weight is 271 g/mol. The van der Waals surface area contributed by atoms with Crippen LogP contribution in [0, 0.1) is 0 Å². The lowest BCUT2D eigenvalue weighted by molar-refractivity contribution is -0.122. The quantitative estimate of drug-likeness (QED) is 0.517. The molecule has 2 atom stereocenters. The molecule has 0 radical (unpaired) electrons. The minimum absolute atomic E-state index is 0.0721. The second-order valence-corrected chi connectivity index (χ2v) is 6.37. The third-order valence-electron chi connectivity index (χ3n) is 3.11. The van der Waals surface area contributed by atoms with Crippen LogP contribution < -0.4 is 10.9 Å². The van der Waals surface area contributed by atoms with Gasteiger partial charge in [0.1, 0.15) is 0 Å². The molecule has 1 rings (SSSR count). The second-order valence-electron chi connectivity index (χ2n) is 4.69. The zero-order chi connectivity index (χ0) is 13.4. The molecule has 1 aliphatic heterocycles. The first-order chi connectivity index (χ1) is 8.65. The number of hydrazine groups is 1. The van der Waals surface area contributed by atoms with Gasteiger partial charge in [0.05, 0.1) is 0 Å². The van der Waals surface area contributed by atoms with E-state index in [9.17, 15) is 4.79 Å². The van der Waals surface area contributed by atoms with Crippen molar-refractivity contribution in [1.29, 1.82) is 0 Å². The van der Waals surface area contributed by atoms with Crippen LogP contribution in [0.25, 0.3) is 0 Å². The van der Waals surface area contributed by atoms with Gasteiger partial charge in [-0.2, -0.15) is 0 Å². The molecule has 2 N–H and O–H groups in total. The van der Waals surface area contributed by atoms with Crippen molar-refractivity contribution in [3.8, 4) is 0 Å². The zero-order valence-electron chi connectivity index (χ0n) is 11.4. The topological polar surface area (TPSA) is 44.4 Å². The lowest BCUT2D eigenvalue weighted by atomic mass is 10.3. The molecule has 104 valence electrons. The maximum atomic E-state index is 11.3. The Hall–Kier alpha value is -0.520. The van der Waals surface area contributed by atoms with E-state index in [1.807, 2.05) is 17.8 Å². The minimum atomic E-state index is 0.0721. The van der Waals surface area contributed by atoms with Gasteiger partial charge in [-0.3, -0.25) is 10.2 Å². The van der Waals surface area contributed by atoms with Crippen LogP contribution in [0.3, 0.4) is 0 Å². The van der Waals surface area contributed by atoms with Crippen LogP contribution in [0.4, 0.5) is 0 Å². The molecule has 0 aliphatic carbocycles. The molecular weight excluding hydrogens is 246 g/mol. The van der Waals surface area contributed by atoms with E-state index in [-0.39, 0.29) is 5.91 Å². The Labute approximate surface area is 115 Å². The molecule has 18 heavy (non-hydrogen) atoms. The summed E-state index contributed by atoms with van der Waals surface area (Å²) in [5.74, 6) is 0.0721. The SMILES string of the molecule is C=CC(C)SC1CCN(CCCC(=O)NNC)C1. The average Bonchev–Trinajstić information content (AvgIpc) is 2.77. The van der Waals surface area contributed by atoms with Gasteiger partial charge in [0.25, 0.3) is 0 Å². The number of nitrogens with one attached hydrogen (secondary N) is 2. The molecule has 0 aromatic carbocycles. The van der Waals surface area contributed by atoms with Crippen LogP contribution in [-0.2, 0) is 4.79 Å². The highest BCUT2D eigenvalue weighted by Crippen LogP contribution is 2.26. The first kappa shape index (κ1) is 15.5. The van der Waals surface area contributed by atoms with Gasteiger partial charge in [0.15, 0.2) is 0 Å². The molecule has 0 aromatic rings. The number of nitrogens with zero attached hydrogens (tertiary/aromatic N) is 1. The number of likely N-dealkylation sites (tertiary alicyclic amines) is 1. The Morgan fingerprint density at radius 3 is 3.11 bits per heavy atom. The van der Waals surface area contributed by atoms with E-state index in [0.29, 0.717) is 11.7 Å². The number of thioether (sulfide) groups is 1. The highest BCUT2D eigenvalue weighted by molar-refractivity contribution is 8.00. The van der Waals surface area contributed by atoms with Gasteiger partial charge in [-0.05, 0) is 32.9 Å². The van der Waals surface area contributed by atoms with Crippen molar-refractivity contribution >= 4 is 17.7 Å². The summed E-state index contributed by atoms with van der Waals surface area (Å²) < 4.78 is 0. The van der Waals surface area contributed by atoms with Crippen LogP contribution >= 0.6 is 11.8 Å². The molecule has 0 bridgehead atoms. The normalized spacial score (nSPS) is 21.8. The van der Waals surface area contributed by atoms with E-state index in [0.717, 1.165) is 31.3 Å². The van der Waals surface area contributed by atoms with Gasteiger partial charge in [-0.15, -0.1) is 18.3 Å². The predicted octanol–water partition coefficient (Wildman–Crippen LogP) is 1.40. The Balaban J connectivity index is 2.11. The molecule has 1 amide bonds. The van der Waals surface area contributed by atoms with Crippen LogP contribution in [0.1, 0.15) is 26.2 Å². The molecule has 1 aliphatic rings. The van der Waals surface area contributed by atoms with Crippen molar-refractivity contribution in [1.82, 2.24) is 15.8 Å². The Bertz CT molecular complexity index is 273. The summed E-state index contributed by atoms with van der Waals surface area (Å²) in [6.07, 6.45) is 4.79. The molecule has 1 saturated heterocycles. The summed E-state index contributed by atoms with van der Waals surface area (Å²) in [7, 11) is 1.71. The van der Waals surface area contributed by atoms with Gasteiger partial charge in [0, 0.05) is 30.5 Å². The number of carbonyl (C=O) groups excluding carboxylic acids is 1. The van der Waals surface area contributed by atoms with Crippen molar-refractivity contribution in [2.24, 2.45) is 0 Å². The smallest absolute Gasteiger partial charge is 0.234 e. The van der Waals surface area contributed by atoms with Crippen molar-refractivity contribution in [3.05, 3.63) is 12.7 Å². The lowest BCUT2D eigenvalue weighted by Crippen LogP contribution is -2.34. The Morgan fingerprint density at radius 1 is 1.67 bits per heavy atom. The van der Waals surface area contributed by atoms with Crippen LogP contribution in [0.15, 0.2) is 12.7 Å². The molecule has 1 heterocycles. The van der Waals surface area contributed by atoms with Crippen molar-refractivity contribution < 1.29 is 4.79 Å². The molecule has 0 saturated carbocycles. The Kier molecular flexibility index (Phi) is 7.39. The molecule has 4 nitrogen and oxygen atoms in total. The summed E-state index contributed by atoms with van der Waals surface area (Å²) in [5.41, 5.74) is 5.25. The number of carbonyl (C=O) groups is 1. The minimum Gasteiger partial charge on any atom is -0.302 e. The summed E-state index contributed by atoms with van der Waals surface area (Å²) >= 11 is 2.01. The second kappa shape index (κ2) is 8.56. The van der Waals surface area contributed by atoms with Gasteiger partial charge in [-0.1, -0.05) is 6.08 Å². The Morgan fingerprint density at radius 2 is 2.44 bits per heavy atom. The monoisotopic (exact) mass is 271 g/mol. The standard InChI is InChI=1S/C13H25N3OS/c1-4-11(2)18-12-7-9-16(10-12)8-5-6-13(17)15-14-3/h4,11-12,14H,1,5-10H2,2-3H3,(H,15,17). The fraction of sp³-hybridized carbons (Fsp3) is 0.769. The number of hydrogen-bond acceptors (Lipinski definition) is 4. The van der Waals surface area contributed by atoms with Gasteiger partial charge < -0.3 is 4.90 Å². The van der Waals surface area contributed by atoms with Crippen LogP contribution in [-0.4, -0.2) is 48.0 Å². The van der Waals surface area contributed by atoms with E-state index in [4.69, 9.17) is 0 Å². The predicted molar refractivity (Wildman–Crippen MR) is 78.5 cm³/mol. The van der Waals surface area contributed by atoms with Crippen LogP contribution in [0.5, 0.6) is 0 Å².